The Morgan fingerprint density at radius 3 is 2.14 bits per heavy atom. The van der Waals surface area contributed by atoms with Gasteiger partial charge in [-0.25, -0.2) is 0 Å². The fraction of sp³-hybridized carbons (Fsp3) is 0.167. The molecular weight excluding hydrogens is 363 g/mol. The van der Waals surface area contributed by atoms with E-state index in [-0.39, 0.29) is 0 Å². The second kappa shape index (κ2) is 8.52. The normalized spacial score (nSPS) is 12.4. The Hall–Kier alpha value is -0.309. The van der Waals surface area contributed by atoms with Crippen molar-refractivity contribution in [2.75, 3.05) is 0 Å². The molecule has 4 heteroatoms. The molecule has 1 radical (unpaired) electrons. The van der Waals surface area contributed by atoms with Crippen LogP contribution in [-0.4, -0.2) is 6.66 Å². The Labute approximate surface area is 148 Å². The van der Waals surface area contributed by atoms with Gasteiger partial charge in [0, 0.05) is 6.42 Å². The predicted octanol–water partition coefficient (Wildman–Crippen LogP) is 6.22. The second-order valence-electron chi connectivity index (χ2n) is 5.65. The molecule has 0 aliphatic heterocycles. The summed E-state index contributed by atoms with van der Waals surface area (Å²) in [5.41, 5.74) is 6.63. The van der Waals surface area contributed by atoms with Crippen molar-refractivity contribution in [3.8, 4) is 11.1 Å². The molecule has 0 saturated carbocycles. The van der Waals surface area contributed by atoms with Crippen molar-refractivity contribution >= 4 is 31.3 Å². The van der Waals surface area contributed by atoms with Gasteiger partial charge in [-0.3, -0.25) is 0 Å². The van der Waals surface area contributed by atoms with Crippen LogP contribution in [0.25, 0.3) is 17.2 Å². The number of allylic oxidation sites excluding steroid dienone is 1. The Kier molecular flexibility index (Phi) is 6.98. The van der Waals surface area contributed by atoms with E-state index in [1.807, 2.05) is 0 Å². The van der Waals surface area contributed by atoms with E-state index < -0.39 is 21.7 Å². The molecular formula is C18H20Cl2SiTi. The van der Waals surface area contributed by atoms with Gasteiger partial charge in [-0.1, -0.05) is 60.2 Å². The van der Waals surface area contributed by atoms with Gasteiger partial charge in [0.25, 0.3) is 0 Å². The van der Waals surface area contributed by atoms with Crippen LogP contribution in [0, 0.1) is 6.42 Å². The van der Waals surface area contributed by atoms with Crippen molar-refractivity contribution in [2.24, 2.45) is 0 Å². The second-order valence-corrected chi connectivity index (χ2v) is 23.8. The van der Waals surface area contributed by atoms with Crippen LogP contribution in [0.2, 0.25) is 13.1 Å². The minimum atomic E-state index is -1.38. The van der Waals surface area contributed by atoms with Crippen molar-refractivity contribution in [3.05, 3.63) is 71.7 Å². The van der Waals surface area contributed by atoms with Gasteiger partial charge >= 0.3 is 53.4 Å². The standard InChI is InChI=1S/C16H13.C2H7Si.2ClH.Ti/c1-12-10-14-8-5-9-15(16(14)11-12)13-6-3-2-4-7-13;1-3-2;;;/h2-11H,1H3;3H,1-2H3;2*1H;/q;;;;+2/p-2. The molecule has 1 aliphatic carbocycles. The first-order chi connectivity index (χ1) is 10.5. The average molecular weight is 383 g/mol. The third-order valence-corrected chi connectivity index (χ3v) is 19.2. The number of halogens is 2. The van der Waals surface area contributed by atoms with Crippen LogP contribution in [0.1, 0.15) is 18.1 Å². The van der Waals surface area contributed by atoms with Gasteiger partial charge in [-0.2, -0.15) is 0 Å². The molecule has 0 bridgehead atoms. The quantitative estimate of drug-likeness (QED) is 0.541. The van der Waals surface area contributed by atoms with E-state index in [4.69, 9.17) is 18.6 Å². The first-order valence-electron chi connectivity index (χ1n) is 7.38. The van der Waals surface area contributed by atoms with Crippen LogP contribution in [0.4, 0.5) is 0 Å². The van der Waals surface area contributed by atoms with E-state index in [0.717, 1.165) is 0 Å². The van der Waals surface area contributed by atoms with Gasteiger partial charge in [-0.15, -0.1) is 0 Å². The number of fused-ring (bicyclic) bond motifs is 1. The summed E-state index contributed by atoms with van der Waals surface area (Å²) in [5, 5.41) is 0. The first-order valence-corrected chi connectivity index (χ1v) is 17.3. The van der Waals surface area contributed by atoms with Crippen LogP contribution >= 0.6 is 18.6 Å². The van der Waals surface area contributed by atoms with Gasteiger partial charge in [0.05, 0.1) is 0 Å². The van der Waals surface area contributed by atoms with Crippen molar-refractivity contribution < 1.29 is 15.0 Å². The monoisotopic (exact) mass is 382 g/mol. The molecule has 0 heterocycles. The fourth-order valence-corrected chi connectivity index (χ4v) is 2.25. The molecule has 2 aromatic carbocycles. The zero-order valence-corrected chi connectivity index (χ0v) is 17.3. The average Bonchev–Trinajstić information content (AvgIpc) is 2.88. The van der Waals surface area contributed by atoms with Gasteiger partial charge in [0.2, 0.25) is 0 Å². The van der Waals surface area contributed by atoms with Crippen LogP contribution in [0.15, 0.2) is 54.1 Å². The van der Waals surface area contributed by atoms with Crippen LogP contribution in [0.5, 0.6) is 0 Å². The molecule has 0 N–H and O–H groups in total. The van der Waals surface area contributed by atoms with Gasteiger partial charge in [0.15, 0.2) is 0 Å². The molecule has 0 aromatic heterocycles. The molecule has 0 fully saturated rings. The molecule has 0 atom stereocenters. The third-order valence-electron chi connectivity index (χ3n) is 3.42. The summed E-state index contributed by atoms with van der Waals surface area (Å²) in [6.07, 6.45) is 4.50. The summed E-state index contributed by atoms with van der Waals surface area (Å²) < 4.78 is 0. The minimum absolute atomic E-state index is 0.546. The van der Waals surface area contributed by atoms with Gasteiger partial charge in [-0.05, 0) is 29.2 Å². The molecule has 1 aliphatic rings. The predicted molar refractivity (Wildman–Crippen MR) is 99.5 cm³/mol. The summed E-state index contributed by atoms with van der Waals surface area (Å²) in [7, 11) is 11.2. The van der Waals surface area contributed by atoms with Gasteiger partial charge in [0.1, 0.15) is 0 Å². The molecule has 0 saturated heterocycles. The van der Waals surface area contributed by atoms with Crippen LogP contribution in [0.3, 0.4) is 0 Å². The zero-order valence-electron chi connectivity index (χ0n) is 13.1. The molecule has 0 unspecified atom stereocenters. The maximum atomic E-state index is 5.61. The van der Waals surface area contributed by atoms with E-state index in [0.29, 0.717) is 0 Å². The number of benzene rings is 2. The van der Waals surface area contributed by atoms with E-state index in [1.165, 1.54) is 27.8 Å². The summed E-state index contributed by atoms with van der Waals surface area (Å²) in [4.78, 5) is 0. The van der Waals surface area contributed by atoms with Crippen LogP contribution < -0.4 is 0 Å². The molecule has 0 nitrogen and oxygen atoms in total. The molecule has 2 aromatic rings. The van der Waals surface area contributed by atoms with Crippen molar-refractivity contribution in [1.29, 1.82) is 0 Å². The summed E-state index contributed by atoms with van der Waals surface area (Å²) >= 11 is -1.38. The number of hydrogen-bond donors (Lipinski definition) is 0. The summed E-state index contributed by atoms with van der Waals surface area (Å²) in [6.45, 7) is 5.98. The topological polar surface area (TPSA) is 0 Å². The Bertz CT molecular complexity index is 645. The Balaban J connectivity index is 0.000000254. The molecule has 114 valence electrons. The van der Waals surface area contributed by atoms with E-state index in [2.05, 4.69) is 81.0 Å². The fourth-order valence-electron chi connectivity index (χ4n) is 2.25. The molecule has 22 heavy (non-hydrogen) atoms. The van der Waals surface area contributed by atoms with Crippen LogP contribution in [-0.2, 0) is 15.0 Å². The number of hydrogen-bond acceptors (Lipinski definition) is 0. The Morgan fingerprint density at radius 2 is 1.55 bits per heavy atom. The summed E-state index contributed by atoms with van der Waals surface area (Å²) in [5.74, 6) is 0. The first kappa shape index (κ1) is 18.0. The van der Waals surface area contributed by atoms with Crippen molar-refractivity contribution in [2.45, 2.75) is 20.0 Å². The van der Waals surface area contributed by atoms with E-state index in [9.17, 15) is 0 Å². The molecule has 0 spiro atoms. The summed E-state index contributed by atoms with van der Waals surface area (Å²) in [6, 6.07) is 17.1. The number of rotatable bonds is 2. The van der Waals surface area contributed by atoms with Crippen molar-refractivity contribution in [1.82, 2.24) is 0 Å². The third kappa shape index (κ3) is 4.84. The van der Waals surface area contributed by atoms with E-state index >= 15 is 0 Å². The molecule has 0 amide bonds. The van der Waals surface area contributed by atoms with Crippen molar-refractivity contribution in [3.63, 3.8) is 0 Å². The van der Waals surface area contributed by atoms with E-state index in [1.54, 1.807) is 0 Å². The zero-order chi connectivity index (χ0) is 16.1. The van der Waals surface area contributed by atoms with Gasteiger partial charge < -0.3 is 0 Å². The maximum absolute atomic E-state index is 5.61. The Morgan fingerprint density at radius 1 is 0.909 bits per heavy atom. The SMILES string of the molecule is CC1=Cc2c(cccc2-c2ccccc2)[CH]1.C[SiH](C)[Ti]([Cl])[Cl]. The molecule has 3 rings (SSSR count).